The fraction of sp³-hybridized carbons (Fsp3) is 0.562. The van der Waals surface area contributed by atoms with Crippen LogP contribution in [0.25, 0.3) is 11.6 Å². The van der Waals surface area contributed by atoms with Crippen molar-refractivity contribution >= 4 is 0 Å². The zero-order chi connectivity index (χ0) is 14.8. The third-order valence-corrected chi connectivity index (χ3v) is 4.52. The molecule has 1 fully saturated rings. The molecule has 2 atom stereocenters. The fourth-order valence-corrected chi connectivity index (χ4v) is 3.24. The summed E-state index contributed by atoms with van der Waals surface area (Å²) in [6.45, 7) is 2.25. The second-order valence-electron chi connectivity index (χ2n) is 5.93. The molecule has 5 nitrogen and oxygen atoms in total. The summed E-state index contributed by atoms with van der Waals surface area (Å²) in [5.74, 6) is 2.53. The molecule has 110 valence electrons. The maximum absolute atomic E-state index is 8.96. The Morgan fingerprint density at radius 2 is 2.33 bits per heavy atom. The summed E-state index contributed by atoms with van der Waals surface area (Å²) >= 11 is 0. The number of nitrogens with zero attached hydrogens (tertiary/aromatic N) is 4. The van der Waals surface area contributed by atoms with Gasteiger partial charge in [0, 0.05) is 19.2 Å². The molecule has 2 aromatic heterocycles. The largest absolute Gasteiger partial charge is 0.345 e. The van der Waals surface area contributed by atoms with Crippen LogP contribution in [-0.2, 0) is 7.05 Å². The van der Waals surface area contributed by atoms with Crippen molar-refractivity contribution in [1.82, 2.24) is 14.7 Å². The molecular formula is C16H20N4O. The van der Waals surface area contributed by atoms with E-state index < -0.39 is 0 Å². The lowest BCUT2D eigenvalue weighted by molar-refractivity contribution is 0.300. The van der Waals surface area contributed by atoms with Crippen molar-refractivity contribution in [1.29, 1.82) is 5.26 Å². The second-order valence-corrected chi connectivity index (χ2v) is 5.93. The van der Waals surface area contributed by atoms with E-state index >= 15 is 0 Å². The lowest BCUT2D eigenvalue weighted by Gasteiger charge is -2.26. The highest BCUT2D eigenvalue weighted by molar-refractivity contribution is 5.52. The molecule has 5 heteroatoms. The minimum atomic E-state index is 0.414. The molecule has 3 rings (SSSR count). The maximum atomic E-state index is 8.96. The van der Waals surface area contributed by atoms with Crippen molar-refractivity contribution in [2.24, 2.45) is 13.0 Å². The van der Waals surface area contributed by atoms with Gasteiger partial charge in [-0.25, -0.2) is 0 Å². The molecule has 21 heavy (non-hydrogen) atoms. The zero-order valence-corrected chi connectivity index (χ0v) is 12.5. The van der Waals surface area contributed by atoms with Crippen LogP contribution in [0.15, 0.2) is 16.8 Å². The van der Waals surface area contributed by atoms with Crippen LogP contribution in [0.5, 0.6) is 0 Å². The molecule has 1 aliphatic carbocycles. The Kier molecular flexibility index (Phi) is 3.78. The van der Waals surface area contributed by atoms with Gasteiger partial charge in [-0.1, -0.05) is 31.3 Å². The van der Waals surface area contributed by atoms with E-state index in [0.29, 0.717) is 17.4 Å². The van der Waals surface area contributed by atoms with Crippen molar-refractivity contribution in [2.75, 3.05) is 0 Å². The van der Waals surface area contributed by atoms with Crippen molar-refractivity contribution < 1.29 is 4.52 Å². The van der Waals surface area contributed by atoms with Gasteiger partial charge in [-0.05, 0) is 24.8 Å². The monoisotopic (exact) mass is 284 g/mol. The van der Waals surface area contributed by atoms with Crippen LogP contribution in [0.4, 0.5) is 0 Å². The Bertz CT molecular complexity index is 664. The summed E-state index contributed by atoms with van der Waals surface area (Å²) in [5.41, 5.74) is 1.41. The highest BCUT2D eigenvalue weighted by Gasteiger charge is 2.26. The second kappa shape index (κ2) is 5.72. The molecule has 2 aromatic rings. The topological polar surface area (TPSA) is 67.6 Å². The van der Waals surface area contributed by atoms with Gasteiger partial charge in [0.05, 0.1) is 5.56 Å². The standard InChI is InChI=1S/C16H20N4O/c1-3-11-5-4-6-13(7-11)15-18-16(21-19-15)14-8-12(9-17)10-20(14)2/h8,10-11,13H,3-7H2,1-2H3. The molecule has 0 aromatic carbocycles. The van der Waals surface area contributed by atoms with Gasteiger partial charge in [-0.15, -0.1) is 0 Å². The highest BCUT2D eigenvalue weighted by atomic mass is 16.5. The average Bonchev–Trinajstić information content (AvgIpc) is 3.13. The van der Waals surface area contributed by atoms with E-state index in [4.69, 9.17) is 9.78 Å². The van der Waals surface area contributed by atoms with Crippen molar-refractivity contribution in [3.8, 4) is 17.7 Å². The lowest BCUT2D eigenvalue weighted by Crippen LogP contribution is -2.14. The van der Waals surface area contributed by atoms with Crippen LogP contribution >= 0.6 is 0 Å². The number of hydrogen-bond donors (Lipinski definition) is 0. The molecule has 2 unspecified atom stereocenters. The van der Waals surface area contributed by atoms with E-state index in [2.05, 4.69) is 23.1 Å². The molecule has 1 saturated carbocycles. The first-order valence-electron chi connectivity index (χ1n) is 7.61. The summed E-state index contributed by atoms with van der Waals surface area (Å²) in [6, 6.07) is 3.92. The van der Waals surface area contributed by atoms with Crippen molar-refractivity contribution in [3.63, 3.8) is 0 Å². The van der Waals surface area contributed by atoms with Gasteiger partial charge < -0.3 is 9.09 Å². The number of aromatic nitrogens is 3. The summed E-state index contributed by atoms with van der Waals surface area (Å²) < 4.78 is 7.27. The Balaban J connectivity index is 1.83. The third kappa shape index (κ3) is 2.71. The predicted molar refractivity (Wildman–Crippen MR) is 78.4 cm³/mol. The van der Waals surface area contributed by atoms with Gasteiger partial charge in [-0.2, -0.15) is 10.2 Å². The Labute approximate surface area is 124 Å². The zero-order valence-electron chi connectivity index (χ0n) is 12.5. The lowest BCUT2D eigenvalue weighted by atomic mass is 9.80. The van der Waals surface area contributed by atoms with E-state index in [0.717, 1.165) is 30.3 Å². The summed E-state index contributed by atoms with van der Waals surface area (Å²) in [6.07, 6.45) is 7.87. The van der Waals surface area contributed by atoms with Crippen LogP contribution < -0.4 is 0 Å². The molecule has 0 radical (unpaired) electrons. The average molecular weight is 284 g/mol. The Hall–Kier alpha value is -2.09. The van der Waals surface area contributed by atoms with Gasteiger partial charge >= 0.3 is 0 Å². The van der Waals surface area contributed by atoms with E-state index in [1.54, 1.807) is 12.3 Å². The van der Waals surface area contributed by atoms with Gasteiger partial charge in [0.1, 0.15) is 11.8 Å². The molecule has 1 aliphatic rings. The van der Waals surface area contributed by atoms with Gasteiger partial charge in [0.2, 0.25) is 0 Å². The molecule has 0 amide bonds. The molecule has 0 saturated heterocycles. The first kappa shape index (κ1) is 13.9. The van der Waals surface area contributed by atoms with E-state index in [9.17, 15) is 0 Å². The van der Waals surface area contributed by atoms with E-state index in [1.807, 2.05) is 11.6 Å². The minimum Gasteiger partial charge on any atom is -0.345 e. The first-order chi connectivity index (χ1) is 10.2. The number of nitriles is 1. The summed E-state index contributed by atoms with van der Waals surface area (Å²) in [5, 5.41) is 13.1. The molecule has 0 spiro atoms. The summed E-state index contributed by atoms with van der Waals surface area (Å²) in [4.78, 5) is 4.57. The van der Waals surface area contributed by atoms with E-state index in [1.165, 1.54) is 19.3 Å². The SMILES string of the molecule is CCC1CCCC(c2noc(-c3cc(C#N)cn3C)n2)C1. The van der Waals surface area contributed by atoms with Crippen LogP contribution in [-0.4, -0.2) is 14.7 Å². The first-order valence-corrected chi connectivity index (χ1v) is 7.61. The normalized spacial score (nSPS) is 22.1. The van der Waals surface area contributed by atoms with E-state index in [-0.39, 0.29) is 0 Å². The molecule has 0 bridgehead atoms. The summed E-state index contributed by atoms with van der Waals surface area (Å²) in [7, 11) is 1.88. The fourth-order valence-electron chi connectivity index (χ4n) is 3.24. The number of rotatable bonds is 3. The van der Waals surface area contributed by atoms with Gasteiger partial charge in [0.25, 0.3) is 5.89 Å². The van der Waals surface area contributed by atoms with Gasteiger partial charge in [0.15, 0.2) is 5.82 Å². The maximum Gasteiger partial charge on any atom is 0.274 e. The number of hydrogen-bond acceptors (Lipinski definition) is 4. The Morgan fingerprint density at radius 1 is 1.48 bits per heavy atom. The van der Waals surface area contributed by atoms with Crippen LogP contribution in [0.2, 0.25) is 0 Å². The van der Waals surface area contributed by atoms with Gasteiger partial charge in [-0.3, -0.25) is 0 Å². The van der Waals surface area contributed by atoms with Crippen LogP contribution in [0.1, 0.15) is 56.3 Å². The number of aryl methyl sites for hydroxylation is 1. The third-order valence-electron chi connectivity index (χ3n) is 4.52. The predicted octanol–water partition coefficient (Wildman–Crippen LogP) is 3.63. The smallest absolute Gasteiger partial charge is 0.274 e. The molecule has 0 N–H and O–H groups in total. The van der Waals surface area contributed by atoms with Crippen molar-refractivity contribution in [2.45, 2.75) is 44.9 Å². The quantitative estimate of drug-likeness (QED) is 0.863. The molecular weight excluding hydrogens is 264 g/mol. The van der Waals surface area contributed by atoms with Crippen LogP contribution in [0, 0.1) is 17.2 Å². The Morgan fingerprint density at radius 3 is 3.05 bits per heavy atom. The molecule has 2 heterocycles. The van der Waals surface area contributed by atoms with Crippen LogP contribution in [0.3, 0.4) is 0 Å². The highest BCUT2D eigenvalue weighted by Crippen LogP contribution is 2.36. The molecule has 0 aliphatic heterocycles. The minimum absolute atomic E-state index is 0.414. The van der Waals surface area contributed by atoms with Crippen molar-refractivity contribution in [3.05, 3.63) is 23.7 Å².